The first-order valence-corrected chi connectivity index (χ1v) is 14.5. The van der Waals surface area contributed by atoms with Crippen molar-refractivity contribution in [3.8, 4) is 34.1 Å². The number of fused-ring (bicyclic) bond motifs is 3. The van der Waals surface area contributed by atoms with E-state index in [1.165, 1.54) is 0 Å². The normalized spacial score (nSPS) is 11.0. The number of hydrogen-bond acceptors (Lipinski definition) is 5. The van der Waals surface area contributed by atoms with Crippen molar-refractivity contribution in [3.63, 3.8) is 0 Å². The summed E-state index contributed by atoms with van der Waals surface area (Å²) in [6.07, 6.45) is 1.84. The van der Waals surface area contributed by atoms with Crippen LogP contribution < -0.4 is 14.5 Å². The Balaban J connectivity index is 0.00000357. The fourth-order valence-corrected chi connectivity index (χ4v) is 5.71. The molecule has 7 aromatic rings. The number of hydrogen-bond donors (Lipinski definition) is 0. The third kappa shape index (κ3) is 5.49. The largest absolute Gasteiger partial charge is 2.00 e. The first-order valence-electron chi connectivity index (χ1n) is 14.5. The molecule has 0 atom stereocenters. The topological polar surface area (TPSA) is 51.4 Å². The van der Waals surface area contributed by atoms with Gasteiger partial charge in [-0.05, 0) is 47.3 Å². The molecule has 3 aromatic heterocycles. The SMILES string of the molecule is Cc1ccnc(-n2c3[c-]c(Oc4[c-]c(-n5nc(N(C)C)c(-c6ccccc6)c5N(C)C)ccc4)ccc3c3ccccc32)c1.[Pt+2]. The summed E-state index contributed by atoms with van der Waals surface area (Å²) in [6.45, 7) is 2.08. The van der Waals surface area contributed by atoms with E-state index in [0.717, 1.165) is 61.6 Å². The molecular weight excluding hydrogens is 740 g/mol. The molecule has 4 aromatic carbocycles. The van der Waals surface area contributed by atoms with Gasteiger partial charge in [-0.1, -0.05) is 54.0 Å². The number of para-hydroxylation sites is 1. The maximum absolute atomic E-state index is 6.42. The van der Waals surface area contributed by atoms with Crippen molar-refractivity contribution < 1.29 is 25.8 Å². The van der Waals surface area contributed by atoms with E-state index in [1.54, 1.807) is 0 Å². The van der Waals surface area contributed by atoms with Crippen molar-refractivity contribution in [2.24, 2.45) is 0 Å². The van der Waals surface area contributed by atoms with Crippen molar-refractivity contribution in [3.05, 3.63) is 121 Å². The predicted molar refractivity (Wildman–Crippen MR) is 179 cm³/mol. The van der Waals surface area contributed by atoms with Crippen LogP contribution in [-0.2, 0) is 21.1 Å². The molecule has 0 aliphatic heterocycles. The monoisotopic (exact) mass is 771 g/mol. The standard InChI is InChI=1S/C37H32N6O.Pt/c1-25-20-21-38-34(22-25)42-32-17-10-9-16-30(32)31-19-18-29(24-33(31)42)44-28-15-11-14-27(23-28)43-37(41(4)5)35(36(39-43)40(2)3)26-12-7-6-8-13-26;/h6-22H,1-5H3;/q-2;+2. The average molecular weight is 772 g/mol. The number of benzene rings is 4. The molecule has 0 saturated carbocycles. The molecule has 0 spiro atoms. The molecule has 0 bridgehead atoms. The van der Waals surface area contributed by atoms with Gasteiger partial charge in [-0.25, -0.2) is 9.67 Å². The molecule has 0 radical (unpaired) electrons. The van der Waals surface area contributed by atoms with E-state index >= 15 is 0 Å². The minimum absolute atomic E-state index is 0. The number of ether oxygens (including phenoxy) is 1. The Morgan fingerprint density at radius 1 is 0.733 bits per heavy atom. The van der Waals surface area contributed by atoms with E-state index in [4.69, 9.17) is 9.84 Å². The molecule has 3 heterocycles. The van der Waals surface area contributed by atoms with E-state index in [9.17, 15) is 0 Å². The predicted octanol–water partition coefficient (Wildman–Crippen LogP) is 7.86. The van der Waals surface area contributed by atoms with Gasteiger partial charge in [0.15, 0.2) is 5.82 Å². The molecule has 226 valence electrons. The number of aryl methyl sites for hydroxylation is 1. The van der Waals surface area contributed by atoms with Gasteiger partial charge in [0.1, 0.15) is 11.6 Å². The number of pyridine rings is 1. The molecule has 0 unspecified atom stereocenters. The van der Waals surface area contributed by atoms with E-state index in [0.29, 0.717) is 11.5 Å². The van der Waals surface area contributed by atoms with Gasteiger partial charge in [0.25, 0.3) is 0 Å². The quantitative estimate of drug-likeness (QED) is 0.155. The third-order valence-electron chi connectivity index (χ3n) is 7.64. The summed E-state index contributed by atoms with van der Waals surface area (Å²) in [5.41, 5.74) is 6.04. The first kappa shape index (κ1) is 30.2. The van der Waals surface area contributed by atoms with E-state index in [1.807, 2.05) is 98.6 Å². The van der Waals surface area contributed by atoms with Gasteiger partial charge >= 0.3 is 21.1 Å². The van der Waals surface area contributed by atoms with Gasteiger partial charge < -0.3 is 19.1 Å². The summed E-state index contributed by atoms with van der Waals surface area (Å²) >= 11 is 0. The first-order chi connectivity index (χ1) is 21.4. The summed E-state index contributed by atoms with van der Waals surface area (Å²) < 4.78 is 10.5. The third-order valence-corrected chi connectivity index (χ3v) is 7.64. The summed E-state index contributed by atoms with van der Waals surface area (Å²) in [5.74, 6) is 3.84. The molecule has 7 nitrogen and oxygen atoms in total. The number of nitrogens with zero attached hydrogens (tertiary/aromatic N) is 6. The second-order valence-electron chi connectivity index (χ2n) is 11.2. The fourth-order valence-electron chi connectivity index (χ4n) is 5.71. The second-order valence-corrected chi connectivity index (χ2v) is 11.2. The smallest absolute Gasteiger partial charge is 0.509 e. The Bertz CT molecular complexity index is 2130. The molecule has 45 heavy (non-hydrogen) atoms. The van der Waals surface area contributed by atoms with Crippen molar-refractivity contribution >= 4 is 33.4 Å². The van der Waals surface area contributed by atoms with E-state index in [-0.39, 0.29) is 21.1 Å². The Morgan fingerprint density at radius 2 is 1.49 bits per heavy atom. The van der Waals surface area contributed by atoms with Crippen LogP contribution in [0, 0.1) is 19.1 Å². The molecular formula is C37H32N6OPt. The zero-order chi connectivity index (χ0) is 30.4. The van der Waals surface area contributed by atoms with Crippen molar-refractivity contribution in [2.45, 2.75) is 6.92 Å². The minimum Gasteiger partial charge on any atom is -0.509 e. The van der Waals surface area contributed by atoms with Crippen molar-refractivity contribution in [2.75, 3.05) is 38.0 Å². The van der Waals surface area contributed by atoms with E-state index < -0.39 is 0 Å². The van der Waals surface area contributed by atoms with Crippen LogP contribution in [0.15, 0.2) is 103 Å². The van der Waals surface area contributed by atoms with Gasteiger partial charge in [0.2, 0.25) is 0 Å². The van der Waals surface area contributed by atoms with Crippen LogP contribution in [-0.4, -0.2) is 47.5 Å². The molecule has 0 aliphatic rings. The average Bonchev–Trinajstić information content (AvgIpc) is 3.59. The zero-order valence-corrected chi connectivity index (χ0v) is 28.0. The molecule has 0 fully saturated rings. The molecule has 0 N–H and O–H groups in total. The van der Waals surface area contributed by atoms with Crippen LogP contribution in [0.2, 0.25) is 0 Å². The molecule has 0 aliphatic carbocycles. The molecule has 0 amide bonds. The van der Waals surface area contributed by atoms with Crippen molar-refractivity contribution in [1.29, 1.82) is 0 Å². The Morgan fingerprint density at radius 3 is 2.24 bits per heavy atom. The van der Waals surface area contributed by atoms with Crippen LogP contribution in [0.25, 0.3) is 44.4 Å². The Labute approximate surface area is 277 Å². The number of rotatable bonds is 7. The fraction of sp³-hybridized carbons (Fsp3) is 0.135. The molecule has 0 saturated heterocycles. The van der Waals surface area contributed by atoms with Crippen LogP contribution in [0.3, 0.4) is 0 Å². The van der Waals surface area contributed by atoms with Crippen LogP contribution in [0.4, 0.5) is 11.6 Å². The van der Waals surface area contributed by atoms with Crippen molar-refractivity contribution in [1.82, 2.24) is 19.3 Å². The van der Waals surface area contributed by atoms with Gasteiger partial charge in [-0.3, -0.25) is 0 Å². The second kappa shape index (κ2) is 12.3. The number of aromatic nitrogens is 4. The van der Waals surface area contributed by atoms with E-state index in [2.05, 4.69) is 76.0 Å². The van der Waals surface area contributed by atoms with Gasteiger partial charge in [-0.2, -0.15) is 12.1 Å². The van der Waals surface area contributed by atoms with Crippen LogP contribution in [0.5, 0.6) is 11.5 Å². The van der Waals surface area contributed by atoms with Gasteiger partial charge in [0.05, 0.1) is 5.56 Å². The molecule has 7 rings (SSSR count). The summed E-state index contributed by atoms with van der Waals surface area (Å²) in [5, 5.41) is 7.27. The summed E-state index contributed by atoms with van der Waals surface area (Å²) in [7, 11) is 8.09. The summed E-state index contributed by atoms with van der Waals surface area (Å²) in [6, 6.07) is 39.7. The summed E-state index contributed by atoms with van der Waals surface area (Å²) in [4.78, 5) is 8.81. The maximum atomic E-state index is 6.42. The minimum atomic E-state index is 0. The Kier molecular flexibility index (Phi) is 8.22. The zero-order valence-electron chi connectivity index (χ0n) is 25.7. The number of anilines is 2. The van der Waals surface area contributed by atoms with Gasteiger partial charge in [-0.15, -0.1) is 40.8 Å². The van der Waals surface area contributed by atoms with Gasteiger partial charge in [0, 0.05) is 51.4 Å². The van der Waals surface area contributed by atoms with Crippen LogP contribution in [0.1, 0.15) is 5.56 Å². The molecule has 8 heteroatoms. The van der Waals surface area contributed by atoms with Crippen LogP contribution >= 0.6 is 0 Å². The maximum Gasteiger partial charge on any atom is 2.00 e. The Hall–Kier alpha value is -4.87.